The lowest BCUT2D eigenvalue weighted by Crippen LogP contribution is -2.51. The number of nitrogens with one attached hydrogen (secondary N) is 2. The Bertz CT molecular complexity index is 472. The quantitative estimate of drug-likeness (QED) is 0.709. The Morgan fingerprint density at radius 3 is 2.23 bits per heavy atom. The number of hydrogen-bond donors (Lipinski definition) is 2. The monoisotopic (exact) mass is 382 g/mol. The van der Waals surface area contributed by atoms with Crippen LogP contribution in [-0.2, 0) is 14.3 Å². The standard InChI is InChI=1S/C17H29F3N2O4/c1-11(25-10-17(18,19)20)14(23)22-13(12-7-5-6-8-12)9-21-15(24)26-16(2,3)4/h11-13H,5-10H2,1-4H3,(H,21,24)(H,22,23)/t11-,13-/m0/s1. The van der Waals surface area contributed by atoms with Gasteiger partial charge in [-0.15, -0.1) is 0 Å². The molecule has 0 spiro atoms. The number of alkyl halides is 3. The van der Waals surface area contributed by atoms with Gasteiger partial charge in [-0.3, -0.25) is 4.79 Å². The second kappa shape index (κ2) is 9.43. The van der Waals surface area contributed by atoms with Crippen LogP contribution in [0.1, 0.15) is 53.4 Å². The topological polar surface area (TPSA) is 76.7 Å². The molecule has 1 fully saturated rings. The maximum atomic E-state index is 12.2. The molecule has 0 radical (unpaired) electrons. The molecule has 0 saturated heterocycles. The SMILES string of the molecule is C[C@H](OCC(F)(F)F)C(=O)N[C@@H](CNC(=O)OC(C)(C)C)C1CCCC1. The molecule has 0 bridgehead atoms. The maximum absolute atomic E-state index is 12.2. The summed E-state index contributed by atoms with van der Waals surface area (Å²) in [6.07, 6.45) is -2.51. The van der Waals surface area contributed by atoms with Crippen molar-refractivity contribution in [1.82, 2.24) is 10.6 Å². The predicted octanol–water partition coefficient (Wildman–Crippen LogP) is 3.15. The van der Waals surface area contributed by atoms with Gasteiger partial charge in [0.1, 0.15) is 18.3 Å². The first-order valence-corrected chi connectivity index (χ1v) is 8.83. The van der Waals surface area contributed by atoms with Crippen molar-refractivity contribution < 1.29 is 32.2 Å². The van der Waals surface area contributed by atoms with E-state index in [4.69, 9.17) is 4.74 Å². The van der Waals surface area contributed by atoms with Gasteiger partial charge in [0.25, 0.3) is 0 Å². The third-order valence-corrected chi connectivity index (χ3v) is 4.03. The van der Waals surface area contributed by atoms with E-state index in [0.717, 1.165) is 25.7 Å². The van der Waals surface area contributed by atoms with Gasteiger partial charge in [-0.1, -0.05) is 12.8 Å². The molecular weight excluding hydrogens is 353 g/mol. The summed E-state index contributed by atoms with van der Waals surface area (Å²) in [6.45, 7) is 5.16. The highest BCUT2D eigenvalue weighted by Crippen LogP contribution is 2.27. The summed E-state index contributed by atoms with van der Waals surface area (Å²) >= 11 is 0. The summed E-state index contributed by atoms with van der Waals surface area (Å²) < 4.78 is 46.4. The summed E-state index contributed by atoms with van der Waals surface area (Å²) in [7, 11) is 0. The van der Waals surface area contributed by atoms with Crippen molar-refractivity contribution in [2.45, 2.75) is 77.3 Å². The molecule has 1 aliphatic rings. The Morgan fingerprint density at radius 1 is 1.15 bits per heavy atom. The van der Waals surface area contributed by atoms with Crippen molar-refractivity contribution in [3.8, 4) is 0 Å². The lowest BCUT2D eigenvalue weighted by Gasteiger charge is -2.27. The van der Waals surface area contributed by atoms with E-state index >= 15 is 0 Å². The molecule has 9 heteroatoms. The zero-order valence-corrected chi connectivity index (χ0v) is 15.7. The summed E-state index contributed by atoms with van der Waals surface area (Å²) in [4.78, 5) is 24.0. The fraction of sp³-hybridized carbons (Fsp3) is 0.882. The van der Waals surface area contributed by atoms with Gasteiger partial charge in [-0.05, 0) is 46.5 Å². The summed E-state index contributed by atoms with van der Waals surface area (Å²) in [5, 5.41) is 5.33. The van der Waals surface area contributed by atoms with Gasteiger partial charge in [-0.2, -0.15) is 13.2 Å². The second-order valence-electron chi connectivity index (χ2n) is 7.61. The van der Waals surface area contributed by atoms with Crippen molar-refractivity contribution in [3.63, 3.8) is 0 Å². The van der Waals surface area contributed by atoms with E-state index < -0.39 is 36.5 Å². The van der Waals surface area contributed by atoms with Crippen LogP contribution >= 0.6 is 0 Å². The molecule has 1 rings (SSSR count). The highest BCUT2D eigenvalue weighted by molar-refractivity contribution is 5.80. The van der Waals surface area contributed by atoms with E-state index in [1.54, 1.807) is 20.8 Å². The van der Waals surface area contributed by atoms with Crippen molar-refractivity contribution in [1.29, 1.82) is 0 Å². The molecule has 2 atom stereocenters. The minimum Gasteiger partial charge on any atom is -0.444 e. The number of carbonyl (C=O) groups excluding carboxylic acids is 2. The summed E-state index contributed by atoms with van der Waals surface area (Å²) in [5.74, 6) is -0.471. The molecule has 6 nitrogen and oxygen atoms in total. The minimum atomic E-state index is -4.49. The van der Waals surface area contributed by atoms with Crippen LogP contribution in [0.25, 0.3) is 0 Å². The van der Waals surface area contributed by atoms with Gasteiger partial charge in [0.05, 0.1) is 0 Å². The van der Waals surface area contributed by atoms with Crippen LogP contribution in [-0.4, -0.2) is 49.1 Å². The van der Waals surface area contributed by atoms with E-state index in [1.807, 2.05) is 0 Å². The molecular formula is C17H29F3N2O4. The van der Waals surface area contributed by atoms with Crippen molar-refractivity contribution in [2.24, 2.45) is 5.92 Å². The Hall–Kier alpha value is -1.51. The predicted molar refractivity (Wildman–Crippen MR) is 89.6 cm³/mol. The van der Waals surface area contributed by atoms with Gasteiger partial charge in [0.2, 0.25) is 5.91 Å². The number of alkyl carbamates (subject to hydrolysis) is 1. The average Bonchev–Trinajstić information content (AvgIpc) is 3.00. The Labute approximate surface area is 152 Å². The smallest absolute Gasteiger partial charge is 0.411 e. The van der Waals surface area contributed by atoms with Crippen molar-refractivity contribution in [3.05, 3.63) is 0 Å². The number of rotatable bonds is 7. The van der Waals surface area contributed by atoms with E-state index in [1.165, 1.54) is 6.92 Å². The number of halogens is 3. The lowest BCUT2D eigenvalue weighted by atomic mass is 9.97. The minimum absolute atomic E-state index is 0.150. The molecule has 0 heterocycles. The van der Waals surface area contributed by atoms with E-state index in [0.29, 0.717) is 0 Å². The average molecular weight is 382 g/mol. The normalized spacial score (nSPS) is 18.3. The van der Waals surface area contributed by atoms with Crippen LogP contribution < -0.4 is 10.6 Å². The van der Waals surface area contributed by atoms with Gasteiger partial charge < -0.3 is 20.1 Å². The second-order valence-corrected chi connectivity index (χ2v) is 7.61. The zero-order valence-electron chi connectivity index (χ0n) is 15.7. The molecule has 26 heavy (non-hydrogen) atoms. The van der Waals surface area contributed by atoms with Crippen LogP contribution in [0.2, 0.25) is 0 Å². The van der Waals surface area contributed by atoms with Crippen LogP contribution in [0.3, 0.4) is 0 Å². The Morgan fingerprint density at radius 2 is 1.73 bits per heavy atom. The highest BCUT2D eigenvalue weighted by Gasteiger charge is 2.32. The third kappa shape index (κ3) is 9.26. The van der Waals surface area contributed by atoms with Gasteiger partial charge in [0, 0.05) is 12.6 Å². The van der Waals surface area contributed by atoms with Crippen LogP contribution in [0, 0.1) is 5.92 Å². The van der Waals surface area contributed by atoms with E-state index in [2.05, 4.69) is 15.4 Å². The summed E-state index contributed by atoms with van der Waals surface area (Å²) in [6, 6.07) is -0.380. The van der Waals surface area contributed by atoms with Gasteiger partial charge >= 0.3 is 12.3 Å². The molecule has 1 saturated carbocycles. The molecule has 0 aromatic heterocycles. The Balaban J connectivity index is 2.57. The summed E-state index contributed by atoms with van der Waals surface area (Å²) in [5.41, 5.74) is -0.643. The van der Waals surface area contributed by atoms with E-state index in [9.17, 15) is 22.8 Å². The van der Waals surface area contributed by atoms with Crippen LogP contribution in [0.4, 0.5) is 18.0 Å². The molecule has 2 N–H and O–H groups in total. The van der Waals surface area contributed by atoms with Crippen molar-refractivity contribution in [2.75, 3.05) is 13.2 Å². The number of carbonyl (C=O) groups is 2. The number of hydrogen-bond acceptors (Lipinski definition) is 4. The first kappa shape index (κ1) is 22.5. The fourth-order valence-corrected chi connectivity index (χ4v) is 2.80. The zero-order chi connectivity index (χ0) is 20.0. The molecule has 0 aromatic rings. The first-order chi connectivity index (χ1) is 11.9. The largest absolute Gasteiger partial charge is 0.444 e. The number of ether oxygens (including phenoxy) is 2. The van der Waals surface area contributed by atoms with Crippen molar-refractivity contribution >= 4 is 12.0 Å². The fourth-order valence-electron chi connectivity index (χ4n) is 2.80. The van der Waals surface area contributed by atoms with E-state index in [-0.39, 0.29) is 18.5 Å². The van der Waals surface area contributed by atoms with Gasteiger partial charge in [0.15, 0.2) is 0 Å². The third-order valence-electron chi connectivity index (χ3n) is 4.03. The molecule has 152 valence electrons. The van der Waals surface area contributed by atoms with Gasteiger partial charge in [-0.25, -0.2) is 4.79 Å². The molecule has 0 aliphatic heterocycles. The molecule has 0 aromatic carbocycles. The lowest BCUT2D eigenvalue weighted by molar-refractivity contribution is -0.185. The number of amides is 2. The Kier molecular flexibility index (Phi) is 8.17. The first-order valence-electron chi connectivity index (χ1n) is 8.83. The van der Waals surface area contributed by atoms with Crippen LogP contribution in [0.15, 0.2) is 0 Å². The maximum Gasteiger partial charge on any atom is 0.411 e. The molecule has 0 unspecified atom stereocenters. The highest BCUT2D eigenvalue weighted by atomic mass is 19.4. The molecule has 2 amide bonds. The molecule has 1 aliphatic carbocycles. The van der Waals surface area contributed by atoms with Crippen LogP contribution in [0.5, 0.6) is 0 Å².